The van der Waals surface area contributed by atoms with E-state index in [0.717, 1.165) is 27.7 Å². The molecule has 5 nitrogen and oxygen atoms in total. The number of hydrogen-bond acceptors (Lipinski definition) is 5. The number of fused-ring (bicyclic) bond motifs is 1. The fraction of sp³-hybridized carbons (Fsp3) is 0.227. The second kappa shape index (κ2) is 8.35. The van der Waals surface area contributed by atoms with E-state index in [9.17, 15) is 14.4 Å². The molecule has 1 aromatic heterocycles. The molecule has 0 fully saturated rings. The van der Waals surface area contributed by atoms with Gasteiger partial charge in [0.05, 0.1) is 23.5 Å². The molecule has 3 aromatic rings. The number of carbonyl (C=O) groups excluding carboxylic acids is 3. The van der Waals surface area contributed by atoms with Crippen molar-refractivity contribution in [1.29, 1.82) is 0 Å². The van der Waals surface area contributed by atoms with E-state index in [2.05, 4.69) is 5.32 Å². The van der Waals surface area contributed by atoms with E-state index >= 15 is 0 Å². The van der Waals surface area contributed by atoms with Crippen LogP contribution in [0.2, 0.25) is 0 Å². The van der Waals surface area contributed by atoms with Crippen LogP contribution in [0.3, 0.4) is 0 Å². The van der Waals surface area contributed by atoms with Crippen LogP contribution in [-0.2, 0) is 16.0 Å². The molecule has 1 N–H and O–H groups in total. The summed E-state index contributed by atoms with van der Waals surface area (Å²) in [5, 5.41) is 5.23. The van der Waals surface area contributed by atoms with Crippen molar-refractivity contribution in [1.82, 2.24) is 0 Å². The fourth-order valence-corrected chi connectivity index (χ4v) is 4.28. The largest absolute Gasteiger partial charge is 0.462 e. The summed E-state index contributed by atoms with van der Waals surface area (Å²) in [6.07, 6.45) is 0.163. The van der Waals surface area contributed by atoms with Gasteiger partial charge in [0.1, 0.15) is 5.00 Å². The van der Waals surface area contributed by atoms with E-state index in [4.69, 9.17) is 4.74 Å². The molecule has 1 heterocycles. The number of carbonyl (C=O) groups is 3. The average Bonchev–Trinajstić information content (AvgIpc) is 2.98. The third kappa shape index (κ3) is 3.97. The molecular weight excluding hydrogens is 374 g/mol. The maximum absolute atomic E-state index is 12.7. The molecule has 2 aromatic carbocycles. The number of Topliss-reactive ketones (excluding diaryl/α,β-unsaturated/α-hetero) is 1. The minimum Gasteiger partial charge on any atom is -0.462 e. The Kier molecular flexibility index (Phi) is 5.90. The molecule has 0 unspecified atom stereocenters. The summed E-state index contributed by atoms with van der Waals surface area (Å²) < 4.78 is 5.11. The maximum Gasteiger partial charge on any atom is 0.341 e. The van der Waals surface area contributed by atoms with E-state index in [0.29, 0.717) is 15.4 Å². The van der Waals surface area contributed by atoms with E-state index < -0.39 is 5.97 Å². The van der Waals surface area contributed by atoms with Gasteiger partial charge in [-0.25, -0.2) is 4.79 Å². The van der Waals surface area contributed by atoms with Crippen LogP contribution in [0, 0.1) is 6.92 Å². The summed E-state index contributed by atoms with van der Waals surface area (Å²) in [4.78, 5) is 37.4. The Morgan fingerprint density at radius 3 is 2.50 bits per heavy atom. The van der Waals surface area contributed by atoms with Crippen molar-refractivity contribution in [3.8, 4) is 0 Å². The average molecular weight is 395 g/mol. The highest BCUT2D eigenvalue weighted by molar-refractivity contribution is 7.18. The fourth-order valence-electron chi connectivity index (χ4n) is 3.18. The Morgan fingerprint density at radius 1 is 1.07 bits per heavy atom. The lowest BCUT2D eigenvalue weighted by molar-refractivity contribution is -0.115. The summed E-state index contributed by atoms with van der Waals surface area (Å²) in [6, 6.07) is 13.7. The number of esters is 1. The predicted molar refractivity (Wildman–Crippen MR) is 111 cm³/mol. The molecule has 28 heavy (non-hydrogen) atoms. The minimum absolute atomic E-state index is 0.150. The van der Waals surface area contributed by atoms with Crippen LogP contribution in [0.5, 0.6) is 0 Å². The van der Waals surface area contributed by atoms with Gasteiger partial charge in [-0.1, -0.05) is 42.5 Å². The molecule has 0 spiro atoms. The van der Waals surface area contributed by atoms with Gasteiger partial charge in [-0.15, -0.1) is 11.3 Å². The van der Waals surface area contributed by atoms with Gasteiger partial charge < -0.3 is 10.1 Å². The Morgan fingerprint density at radius 2 is 1.79 bits per heavy atom. The maximum atomic E-state index is 12.7. The summed E-state index contributed by atoms with van der Waals surface area (Å²) >= 11 is 1.11. The molecule has 0 bridgehead atoms. The van der Waals surface area contributed by atoms with Crippen LogP contribution in [0.4, 0.5) is 5.00 Å². The van der Waals surface area contributed by atoms with Gasteiger partial charge in [-0.2, -0.15) is 0 Å². The first-order valence-electron chi connectivity index (χ1n) is 9.00. The number of ketones is 1. The van der Waals surface area contributed by atoms with Crippen molar-refractivity contribution in [3.05, 3.63) is 64.0 Å². The molecule has 144 valence electrons. The zero-order valence-electron chi connectivity index (χ0n) is 16.0. The predicted octanol–water partition coefficient (Wildman–Crippen LogP) is 4.77. The lowest BCUT2D eigenvalue weighted by Crippen LogP contribution is -2.16. The quantitative estimate of drug-likeness (QED) is 0.482. The van der Waals surface area contributed by atoms with E-state index in [1.165, 1.54) is 6.92 Å². The second-order valence-corrected chi connectivity index (χ2v) is 7.42. The number of hydrogen-bond donors (Lipinski definition) is 1. The number of benzene rings is 2. The molecule has 1 amide bonds. The number of thiophene rings is 1. The molecule has 0 aliphatic heterocycles. The zero-order chi connectivity index (χ0) is 20.3. The Labute approximate surface area is 167 Å². The molecule has 0 saturated heterocycles. The highest BCUT2D eigenvalue weighted by Crippen LogP contribution is 2.34. The lowest BCUT2D eigenvalue weighted by Gasteiger charge is -2.09. The van der Waals surface area contributed by atoms with Crippen molar-refractivity contribution in [2.45, 2.75) is 27.2 Å². The molecule has 0 aliphatic carbocycles. The molecule has 3 rings (SSSR count). The molecule has 0 aliphatic rings. The first-order valence-corrected chi connectivity index (χ1v) is 9.82. The highest BCUT2D eigenvalue weighted by atomic mass is 32.1. The number of amides is 1. The monoisotopic (exact) mass is 395 g/mol. The van der Waals surface area contributed by atoms with E-state index in [1.54, 1.807) is 13.8 Å². The lowest BCUT2D eigenvalue weighted by atomic mass is 10.0. The number of rotatable bonds is 6. The SMILES string of the molecule is CCOC(=O)c1c(NC(=O)Cc2cccc3ccccc23)sc(C(C)=O)c1C. The third-order valence-corrected chi connectivity index (χ3v) is 5.74. The third-order valence-electron chi connectivity index (χ3n) is 4.43. The highest BCUT2D eigenvalue weighted by Gasteiger charge is 2.25. The second-order valence-electron chi connectivity index (χ2n) is 6.40. The van der Waals surface area contributed by atoms with Gasteiger partial charge in [0.2, 0.25) is 5.91 Å². The van der Waals surface area contributed by atoms with Crippen LogP contribution in [0.15, 0.2) is 42.5 Å². The first kappa shape index (κ1) is 19.8. The Bertz CT molecular complexity index is 1060. The van der Waals surface area contributed by atoms with Gasteiger partial charge in [0.15, 0.2) is 5.78 Å². The van der Waals surface area contributed by atoms with Crippen molar-refractivity contribution in [2.24, 2.45) is 0 Å². The Balaban J connectivity index is 1.90. The summed E-state index contributed by atoms with van der Waals surface area (Å²) in [7, 11) is 0. The van der Waals surface area contributed by atoms with Crippen LogP contribution in [-0.4, -0.2) is 24.3 Å². The normalized spacial score (nSPS) is 10.7. The summed E-state index contributed by atoms with van der Waals surface area (Å²) in [5.41, 5.74) is 1.69. The molecule has 0 saturated carbocycles. The van der Waals surface area contributed by atoms with Gasteiger partial charge >= 0.3 is 5.97 Å². The number of nitrogens with one attached hydrogen (secondary N) is 1. The van der Waals surface area contributed by atoms with Gasteiger partial charge in [0, 0.05) is 0 Å². The summed E-state index contributed by atoms with van der Waals surface area (Å²) in [5.74, 6) is -0.940. The molecular formula is C22H21NO4S. The smallest absolute Gasteiger partial charge is 0.341 e. The van der Waals surface area contributed by atoms with Crippen LogP contribution < -0.4 is 5.32 Å². The zero-order valence-corrected chi connectivity index (χ0v) is 16.8. The van der Waals surface area contributed by atoms with Gasteiger partial charge in [-0.05, 0) is 42.7 Å². The topological polar surface area (TPSA) is 72.5 Å². The van der Waals surface area contributed by atoms with Gasteiger partial charge in [0.25, 0.3) is 0 Å². The minimum atomic E-state index is -0.538. The molecule has 6 heteroatoms. The van der Waals surface area contributed by atoms with Crippen LogP contribution >= 0.6 is 11.3 Å². The number of anilines is 1. The molecule has 0 atom stereocenters. The molecule has 0 radical (unpaired) electrons. The standard InChI is InChI=1S/C22H21NO4S/c1-4-27-22(26)19-13(2)20(14(3)24)28-21(19)23-18(25)12-16-10-7-9-15-8-5-6-11-17(15)16/h5-11H,4,12H2,1-3H3,(H,23,25). The van der Waals surface area contributed by atoms with E-state index in [1.807, 2.05) is 42.5 Å². The van der Waals surface area contributed by atoms with Gasteiger partial charge in [-0.3, -0.25) is 9.59 Å². The van der Waals surface area contributed by atoms with E-state index in [-0.39, 0.29) is 30.3 Å². The van der Waals surface area contributed by atoms with Crippen LogP contribution in [0.1, 0.15) is 45.0 Å². The van der Waals surface area contributed by atoms with Crippen molar-refractivity contribution < 1.29 is 19.1 Å². The van der Waals surface area contributed by atoms with Crippen LogP contribution in [0.25, 0.3) is 10.8 Å². The first-order chi connectivity index (χ1) is 13.4. The van der Waals surface area contributed by atoms with Crippen molar-refractivity contribution >= 4 is 44.8 Å². The summed E-state index contributed by atoms with van der Waals surface area (Å²) in [6.45, 7) is 5.06. The number of ether oxygens (including phenoxy) is 1. The Hall–Kier alpha value is -2.99. The van der Waals surface area contributed by atoms with Crippen molar-refractivity contribution in [3.63, 3.8) is 0 Å². The van der Waals surface area contributed by atoms with Crippen molar-refractivity contribution in [2.75, 3.05) is 11.9 Å².